The van der Waals surface area contributed by atoms with Crippen molar-refractivity contribution in [2.75, 3.05) is 32.7 Å². The molecular weight excluding hydrogens is 469 g/mol. The number of aryl methyl sites for hydroxylation is 1. The van der Waals surface area contributed by atoms with E-state index in [-0.39, 0.29) is 16.1 Å². The van der Waals surface area contributed by atoms with Crippen LogP contribution in [0.5, 0.6) is 0 Å². The number of nitrogens with one attached hydrogen (secondary N) is 1. The Bertz CT molecular complexity index is 1470. The van der Waals surface area contributed by atoms with Crippen LogP contribution in [0.3, 0.4) is 0 Å². The molecule has 1 saturated heterocycles. The molecule has 1 aliphatic rings. The van der Waals surface area contributed by atoms with E-state index in [0.29, 0.717) is 28.8 Å². The zero-order valence-corrected chi connectivity index (χ0v) is 20.3. The fourth-order valence-electron chi connectivity index (χ4n) is 4.75. The van der Waals surface area contributed by atoms with Gasteiger partial charge in [-0.1, -0.05) is 41.9 Å². The van der Waals surface area contributed by atoms with E-state index in [1.54, 1.807) is 11.5 Å². The van der Waals surface area contributed by atoms with Gasteiger partial charge in [-0.2, -0.15) is 0 Å². The maximum absolute atomic E-state index is 13.6. The normalized spacial score (nSPS) is 15.2. The van der Waals surface area contributed by atoms with Gasteiger partial charge in [0.2, 0.25) is 0 Å². The van der Waals surface area contributed by atoms with Crippen molar-refractivity contribution >= 4 is 22.5 Å². The molecule has 2 aromatic carbocycles. The van der Waals surface area contributed by atoms with Crippen LogP contribution < -0.4 is 11.1 Å². The smallest absolute Gasteiger partial charge is 0.280 e. The monoisotopic (exact) mass is 495 g/mol. The zero-order valence-electron chi connectivity index (χ0n) is 19.5. The first-order valence-electron chi connectivity index (χ1n) is 11.7. The van der Waals surface area contributed by atoms with Gasteiger partial charge < -0.3 is 4.57 Å². The summed E-state index contributed by atoms with van der Waals surface area (Å²) in [5.41, 5.74) is 2.32. The van der Waals surface area contributed by atoms with Gasteiger partial charge in [-0.25, -0.2) is 9.07 Å². The minimum Gasteiger partial charge on any atom is -0.311 e. The Morgan fingerprint density at radius 2 is 1.66 bits per heavy atom. The van der Waals surface area contributed by atoms with E-state index in [1.165, 1.54) is 34.5 Å². The standard InChI is InChI=1S/C26H27ClFN5O2/c1-18-25-23(29-33(26(25)35)20-7-8-22(28)21(27)15-20)16-24(34)32(18)14-13-30-9-11-31(12-10-30)17-19-5-3-2-4-6-19/h2-8,15-16,29H,9-14,17H2,1H3. The van der Waals surface area contributed by atoms with Crippen LogP contribution in [-0.4, -0.2) is 56.9 Å². The van der Waals surface area contributed by atoms with Crippen molar-refractivity contribution in [2.24, 2.45) is 0 Å². The lowest BCUT2D eigenvalue weighted by Crippen LogP contribution is -2.47. The number of hydrogen-bond acceptors (Lipinski definition) is 4. The van der Waals surface area contributed by atoms with Crippen LogP contribution in [-0.2, 0) is 13.1 Å². The first-order chi connectivity index (χ1) is 16.9. The molecule has 0 saturated carbocycles. The van der Waals surface area contributed by atoms with Gasteiger partial charge in [-0.15, -0.1) is 0 Å². The molecule has 9 heteroatoms. The summed E-state index contributed by atoms with van der Waals surface area (Å²) in [6.07, 6.45) is 0. The molecule has 1 N–H and O–H groups in total. The Morgan fingerprint density at radius 1 is 0.943 bits per heavy atom. The predicted molar refractivity (Wildman–Crippen MR) is 136 cm³/mol. The molecule has 7 nitrogen and oxygen atoms in total. The topological polar surface area (TPSA) is 66.3 Å². The highest BCUT2D eigenvalue weighted by atomic mass is 35.5. The Morgan fingerprint density at radius 3 is 2.37 bits per heavy atom. The molecule has 2 aromatic heterocycles. The molecular formula is C26H27ClFN5O2. The number of benzene rings is 2. The number of halogens is 2. The summed E-state index contributed by atoms with van der Waals surface area (Å²) in [4.78, 5) is 30.8. The largest absolute Gasteiger partial charge is 0.311 e. The Labute approximate surface area is 206 Å². The molecule has 5 rings (SSSR count). The highest BCUT2D eigenvalue weighted by molar-refractivity contribution is 6.30. The molecule has 3 heterocycles. The summed E-state index contributed by atoms with van der Waals surface area (Å²) in [5.74, 6) is -0.559. The highest BCUT2D eigenvalue weighted by Crippen LogP contribution is 2.19. The van der Waals surface area contributed by atoms with Crippen molar-refractivity contribution in [2.45, 2.75) is 20.0 Å². The van der Waals surface area contributed by atoms with Crippen molar-refractivity contribution in [3.63, 3.8) is 0 Å². The molecule has 0 amide bonds. The number of hydrogen-bond donors (Lipinski definition) is 1. The number of aromatic nitrogens is 3. The first kappa shape index (κ1) is 23.5. The average molecular weight is 496 g/mol. The third-order valence-corrected chi connectivity index (χ3v) is 7.02. The lowest BCUT2D eigenvalue weighted by atomic mass is 10.2. The lowest BCUT2D eigenvalue weighted by Gasteiger charge is -2.34. The van der Waals surface area contributed by atoms with Crippen LogP contribution in [0.1, 0.15) is 11.3 Å². The number of nitrogens with zero attached hydrogens (tertiary/aromatic N) is 4. The summed E-state index contributed by atoms with van der Waals surface area (Å²) in [7, 11) is 0. The van der Waals surface area contributed by atoms with Crippen molar-refractivity contribution in [3.05, 3.63) is 97.4 Å². The fraction of sp³-hybridized carbons (Fsp3) is 0.308. The molecule has 0 atom stereocenters. The van der Waals surface area contributed by atoms with Crippen LogP contribution in [0.2, 0.25) is 5.02 Å². The number of rotatable bonds is 6. The van der Waals surface area contributed by atoms with Gasteiger partial charge in [-0.3, -0.25) is 24.5 Å². The van der Waals surface area contributed by atoms with Gasteiger partial charge >= 0.3 is 0 Å². The van der Waals surface area contributed by atoms with Gasteiger partial charge in [0.15, 0.2) is 0 Å². The third kappa shape index (κ3) is 4.82. The molecule has 1 fully saturated rings. The number of piperazine rings is 1. The minimum atomic E-state index is -0.559. The summed E-state index contributed by atoms with van der Waals surface area (Å²) in [5, 5.41) is 3.33. The van der Waals surface area contributed by atoms with Crippen molar-refractivity contribution in [3.8, 4) is 5.69 Å². The Hall–Kier alpha value is -3.20. The fourth-order valence-corrected chi connectivity index (χ4v) is 4.92. The van der Waals surface area contributed by atoms with E-state index >= 15 is 0 Å². The SMILES string of the molecule is Cc1c2c(=O)n(-c3ccc(F)c(Cl)c3)[nH]c2cc(=O)n1CCN1CCN(Cc2ccccc2)CC1. The Balaban J connectivity index is 1.30. The van der Waals surface area contributed by atoms with E-state index in [0.717, 1.165) is 39.3 Å². The van der Waals surface area contributed by atoms with E-state index in [2.05, 4.69) is 39.2 Å². The maximum atomic E-state index is 13.6. The second-order valence-corrected chi connectivity index (χ2v) is 9.37. The molecule has 182 valence electrons. The van der Waals surface area contributed by atoms with Gasteiger partial charge in [-0.05, 0) is 30.7 Å². The molecule has 0 spiro atoms. The molecule has 0 aliphatic carbocycles. The molecule has 0 radical (unpaired) electrons. The third-order valence-electron chi connectivity index (χ3n) is 6.73. The summed E-state index contributed by atoms with van der Waals surface area (Å²) < 4.78 is 16.5. The van der Waals surface area contributed by atoms with Crippen molar-refractivity contribution < 1.29 is 4.39 Å². The van der Waals surface area contributed by atoms with Crippen LogP contribution in [0.15, 0.2) is 64.2 Å². The van der Waals surface area contributed by atoms with Gasteiger partial charge in [0.25, 0.3) is 11.1 Å². The highest BCUT2D eigenvalue weighted by Gasteiger charge is 2.19. The van der Waals surface area contributed by atoms with Crippen LogP contribution in [0.25, 0.3) is 16.6 Å². The summed E-state index contributed by atoms with van der Waals surface area (Å²) in [6, 6.07) is 16.0. The van der Waals surface area contributed by atoms with Crippen LogP contribution in [0, 0.1) is 12.7 Å². The summed E-state index contributed by atoms with van der Waals surface area (Å²) >= 11 is 5.89. The Kier molecular flexibility index (Phi) is 6.60. The maximum Gasteiger partial charge on any atom is 0.280 e. The van der Waals surface area contributed by atoms with Gasteiger partial charge in [0.1, 0.15) is 5.82 Å². The molecule has 0 bridgehead atoms. The number of H-pyrrole nitrogens is 1. The van der Waals surface area contributed by atoms with E-state index < -0.39 is 5.82 Å². The van der Waals surface area contributed by atoms with Gasteiger partial charge in [0, 0.05) is 57.6 Å². The predicted octanol–water partition coefficient (Wildman–Crippen LogP) is 3.40. The van der Waals surface area contributed by atoms with E-state index in [4.69, 9.17) is 11.6 Å². The average Bonchev–Trinajstić information content (AvgIpc) is 3.18. The number of fused-ring (bicyclic) bond motifs is 1. The first-order valence-corrected chi connectivity index (χ1v) is 12.1. The second-order valence-electron chi connectivity index (χ2n) is 8.96. The van der Waals surface area contributed by atoms with E-state index in [9.17, 15) is 14.0 Å². The van der Waals surface area contributed by atoms with E-state index in [1.807, 2.05) is 6.07 Å². The summed E-state index contributed by atoms with van der Waals surface area (Å²) in [6.45, 7) is 7.80. The molecule has 1 aliphatic heterocycles. The minimum absolute atomic E-state index is 0.0757. The van der Waals surface area contributed by atoms with Crippen molar-refractivity contribution in [1.29, 1.82) is 0 Å². The van der Waals surface area contributed by atoms with Crippen LogP contribution >= 0.6 is 11.6 Å². The molecule has 0 unspecified atom stereocenters. The second kappa shape index (κ2) is 9.81. The van der Waals surface area contributed by atoms with Crippen molar-refractivity contribution in [1.82, 2.24) is 24.1 Å². The number of pyridine rings is 1. The molecule has 35 heavy (non-hydrogen) atoms. The number of aromatic amines is 1. The lowest BCUT2D eigenvalue weighted by molar-refractivity contribution is 0.123. The molecule has 4 aromatic rings. The van der Waals surface area contributed by atoms with Gasteiger partial charge in [0.05, 0.1) is 21.6 Å². The van der Waals surface area contributed by atoms with Crippen LogP contribution in [0.4, 0.5) is 4.39 Å². The quantitative estimate of drug-likeness (QED) is 0.445. The zero-order chi connectivity index (χ0) is 24.5.